The van der Waals surface area contributed by atoms with E-state index in [9.17, 15) is 18.4 Å². The van der Waals surface area contributed by atoms with E-state index in [1.807, 2.05) is 0 Å². The average Bonchev–Trinajstić information content (AvgIpc) is 2.45. The van der Waals surface area contributed by atoms with Crippen molar-refractivity contribution in [3.05, 3.63) is 0 Å². The first-order valence-corrected chi connectivity index (χ1v) is 7.24. The van der Waals surface area contributed by atoms with Gasteiger partial charge in [-0.1, -0.05) is 0 Å². The van der Waals surface area contributed by atoms with E-state index in [1.165, 1.54) is 11.8 Å². The molecule has 0 aromatic carbocycles. The number of alkyl halides is 2. The zero-order valence-corrected chi connectivity index (χ0v) is 12.1. The fraction of sp³-hybridized carbons (Fsp3) is 0.833. The summed E-state index contributed by atoms with van der Waals surface area (Å²) >= 11 is 1.36. The van der Waals surface area contributed by atoms with E-state index in [0.717, 1.165) is 0 Å². The molecule has 0 bridgehead atoms. The van der Waals surface area contributed by atoms with Crippen molar-refractivity contribution in [2.45, 2.75) is 51.2 Å². The molecule has 1 amide bonds. The Morgan fingerprint density at radius 3 is 2.63 bits per heavy atom. The highest BCUT2D eigenvalue weighted by Gasteiger charge is 2.47. The standard InChI is InChI=1S/C12H19F2NO3S/c1-11(2,3)18-9(16)4-5-19-7-8-6-12(13,14)10(17)15-8/h8H,4-7H2,1-3H3,(H,15,17). The van der Waals surface area contributed by atoms with Crippen LogP contribution in [0.15, 0.2) is 0 Å². The fourth-order valence-corrected chi connectivity index (χ4v) is 2.58. The molecule has 19 heavy (non-hydrogen) atoms. The molecule has 1 saturated heterocycles. The third kappa shape index (κ3) is 5.76. The third-order valence-corrected chi connectivity index (χ3v) is 3.49. The largest absolute Gasteiger partial charge is 0.460 e. The van der Waals surface area contributed by atoms with E-state index in [1.54, 1.807) is 20.8 Å². The number of carbonyl (C=O) groups is 2. The van der Waals surface area contributed by atoms with Gasteiger partial charge in [-0.25, -0.2) is 0 Å². The predicted octanol–water partition coefficient (Wildman–Crippen LogP) is 1.98. The smallest absolute Gasteiger partial charge is 0.326 e. The summed E-state index contributed by atoms with van der Waals surface area (Å²) in [5.41, 5.74) is -0.511. The molecule has 0 aliphatic carbocycles. The van der Waals surface area contributed by atoms with Crippen molar-refractivity contribution < 1.29 is 23.1 Å². The SMILES string of the molecule is CC(C)(C)OC(=O)CCSCC1CC(F)(F)C(=O)N1. The molecule has 0 spiro atoms. The Morgan fingerprint density at radius 1 is 1.53 bits per heavy atom. The minimum absolute atomic E-state index is 0.235. The van der Waals surface area contributed by atoms with E-state index >= 15 is 0 Å². The van der Waals surface area contributed by atoms with E-state index < -0.39 is 29.9 Å². The second-order valence-corrected chi connectivity index (χ2v) is 6.64. The second-order valence-electron chi connectivity index (χ2n) is 5.49. The zero-order chi connectivity index (χ0) is 14.7. The number of nitrogens with one attached hydrogen (secondary N) is 1. The summed E-state index contributed by atoms with van der Waals surface area (Å²) in [5.74, 6) is -3.89. The quantitative estimate of drug-likeness (QED) is 0.622. The minimum Gasteiger partial charge on any atom is -0.460 e. The summed E-state index contributed by atoms with van der Waals surface area (Å²) in [5, 5.41) is 2.24. The van der Waals surface area contributed by atoms with Gasteiger partial charge in [0.25, 0.3) is 5.91 Å². The number of hydrogen-bond acceptors (Lipinski definition) is 4. The van der Waals surface area contributed by atoms with Crippen molar-refractivity contribution in [3.8, 4) is 0 Å². The van der Waals surface area contributed by atoms with Crippen LogP contribution in [0, 0.1) is 0 Å². The Kier molecular flexibility index (Phi) is 5.18. The summed E-state index contributed by atoms with van der Waals surface area (Å²) in [6.45, 7) is 5.36. The first kappa shape index (κ1) is 16.2. The van der Waals surface area contributed by atoms with Crippen LogP contribution < -0.4 is 5.32 Å². The van der Waals surface area contributed by atoms with E-state index in [2.05, 4.69) is 5.32 Å². The highest BCUT2D eigenvalue weighted by Crippen LogP contribution is 2.28. The van der Waals surface area contributed by atoms with Crippen molar-refractivity contribution in [2.24, 2.45) is 0 Å². The molecule has 0 aromatic rings. The topological polar surface area (TPSA) is 55.4 Å². The van der Waals surface area contributed by atoms with Gasteiger partial charge in [-0.05, 0) is 20.8 Å². The third-order valence-electron chi connectivity index (χ3n) is 2.36. The maximum absolute atomic E-state index is 12.9. The molecule has 1 rings (SSSR count). The Labute approximate surface area is 115 Å². The molecular formula is C12H19F2NO3S. The molecule has 1 atom stereocenters. The van der Waals surface area contributed by atoms with Crippen molar-refractivity contribution in [1.29, 1.82) is 0 Å². The van der Waals surface area contributed by atoms with Gasteiger partial charge in [-0.3, -0.25) is 9.59 Å². The highest BCUT2D eigenvalue weighted by molar-refractivity contribution is 7.99. The van der Waals surface area contributed by atoms with Crippen LogP contribution in [0.25, 0.3) is 0 Å². The lowest BCUT2D eigenvalue weighted by Gasteiger charge is -2.19. The van der Waals surface area contributed by atoms with Gasteiger partial charge < -0.3 is 10.1 Å². The average molecular weight is 295 g/mol. The number of esters is 1. The molecule has 1 fully saturated rings. The number of rotatable bonds is 5. The lowest BCUT2D eigenvalue weighted by atomic mass is 10.2. The van der Waals surface area contributed by atoms with E-state index in [0.29, 0.717) is 11.5 Å². The summed E-state index contributed by atoms with van der Waals surface area (Å²) in [6.07, 6.45) is -0.232. The Balaban J connectivity index is 2.16. The lowest BCUT2D eigenvalue weighted by Crippen LogP contribution is -2.31. The molecule has 1 N–H and O–H groups in total. The molecule has 0 radical (unpaired) electrons. The lowest BCUT2D eigenvalue weighted by molar-refractivity contribution is -0.154. The van der Waals surface area contributed by atoms with E-state index in [-0.39, 0.29) is 12.4 Å². The number of carbonyl (C=O) groups excluding carboxylic acids is 2. The van der Waals surface area contributed by atoms with Gasteiger partial charge in [0.05, 0.1) is 6.42 Å². The van der Waals surface area contributed by atoms with Gasteiger partial charge in [0.1, 0.15) is 5.60 Å². The summed E-state index contributed by atoms with van der Waals surface area (Å²) in [6, 6.07) is -0.522. The van der Waals surface area contributed by atoms with Crippen LogP contribution in [0.3, 0.4) is 0 Å². The Morgan fingerprint density at radius 2 is 2.16 bits per heavy atom. The van der Waals surface area contributed by atoms with Crippen LogP contribution in [-0.4, -0.2) is 40.9 Å². The molecule has 0 aromatic heterocycles. The molecular weight excluding hydrogens is 276 g/mol. The van der Waals surface area contributed by atoms with Crippen molar-refractivity contribution in [1.82, 2.24) is 5.32 Å². The normalized spacial score (nSPS) is 22.2. The predicted molar refractivity (Wildman–Crippen MR) is 69.3 cm³/mol. The van der Waals surface area contributed by atoms with Crippen LogP contribution in [0.4, 0.5) is 8.78 Å². The molecule has 4 nitrogen and oxygen atoms in total. The van der Waals surface area contributed by atoms with Crippen LogP contribution in [0.2, 0.25) is 0 Å². The van der Waals surface area contributed by atoms with Crippen LogP contribution >= 0.6 is 11.8 Å². The van der Waals surface area contributed by atoms with Crippen LogP contribution in [0.5, 0.6) is 0 Å². The van der Waals surface area contributed by atoms with Crippen LogP contribution in [-0.2, 0) is 14.3 Å². The van der Waals surface area contributed by atoms with Gasteiger partial charge >= 0.3 is 11.9 Å². The Bertz CT molecular complexity index is 355. The minimum atomic E-state index is -3.25. The molecule has 0 saturated carbocycles. The molecule has 1 aliphatic heterocycles. The first-order valence-electron chi connectivity index (χ1n) is 6.08. The van der Waals surface area contributed by atoms with Gasteiger partial charge in [-0.15, -0.1) is 0 Å². The van der Waals surface area contributed by atoms with Gasteiger partial charge in [0, 0.05) is 24.0 Å². The zero-order valence-electron chi connectivity index (χ0n) is 11.3. The molecule has 110 valence electrons. The van der Waals surface area contributed by atoms with Crippen molar-refractivity contribution in [2.75, 3.05) is 11.5 Å². The Hall–Kier alpha value is -0.850. The summed E-state index contributed by atoms with van der Waals surface area (Å²) in [7, 11) is 0. The molecule has 1 unspecified atom stereocenters. The first-order chi connectivity index (χ1) is 8.60. The molecule has 7 heteroatoms. The summed E-state index contributed by atoms with van der Waals surface area (Å²) in [4.78, 5) is 22.2. The van der Waals surface area contributed by atoms with E-state index in [4.69, 9.17) is 4.74 Å². The van der Waals surface area contributed by atoms with Crippen molar-refractivity contribution >= 4 is 23.6 Å². The van der Waals surface area contributed by atoms with Crippen molar-refractivity contribution in [3.63, 3.8) is 0 Å². The number of amides is 1. The number of hydrogen-bond donors (Lipinski definition) is 1. The van der Waals surface area contributed by atoms with Crippen LogP contribution in [0.1, 0.15) is 33.6 Å². The monoisotopic (exact) mass is 295 g/mol. The maximum atomic E-state index is 12.9. The van der Waals surface area contributed by atoms with Gasteiger partial charge in [0.15, 0.2) is 0 Å². The number of thioether (sulfide) groups is 1. The number of halogens is 2. The second kappa shape index (κ2) is 6.07. The molecule has 1 heterocycles. The summed E-state index contributed by atoms with van der Waals surface area (Å²) < 4.78 is 30.9. The maximum Gasteiger partial charge on any atom is 0.326 e. The molecule has 1 aliphatic rings. The fourth-order valence-electron chi connectivity index (χ4n) is 1.62. The van der Waals surface area contributed by atoms with Gasteiger partial charge in [0.2, 0.25) is 0 Å². The number of ether oxygens (including phenoxy) is 1. The van der Waals surface area contributed by atoms with Gasteiger partial charge in [-0.2, -0.15) is 20.5 Å². The highest BCUT2D eigenvalue weighted by atomic mass is 32.2.